The highest BCUT2D eigenvalue weighted by Gasteiger charge is 2.14. The summed E-state index contributed by atoms with van der Waals surface area (Å²) in [5.41, 5.74) is 2.26. The van der Waals surface area contributed by atoms with Crippen molar-refractivity contribution in [2.24, 2.45) is 0 Å². The van der Waals surface area contributed by atoms with Crippen LogP contribution in [0.25, 0.3) is 5.69 Å². The summed E-state index contributed by atoms with van der Waals surface area (Å²) >= 11 is 0. The lowest BCUT2D eigenvalue weighted by Crippen LogP contribution is -2.26. The largest absolute Gasteiger partial charge is 0.344 e. The molecule has 2 heterocycles. The smallest absolute Gasteiger partial charge is 0.255 e. The van der Waals surface area contributed by atoms with Crippen molar-refractivity contribution in [2.45, 2.75) is 13.0 Å². The van der Waals surface area contributed by atoms with E-state index in [4.69, 9.17) is 0 Å². The molecule has 1 aromatic carbocycles. The molecule has 0 aliphatic carbocycles. The SMILES string of the molecule is CC(NC(=O)c1cnn(-c2ccccc2)c1)c1ccccn1. The lowest BCUT2D eigenvalue weighted by molar-refractivity contribution is 0.0939. The third-order valence-corrected chi connectivity index (χ3v) is 3.34. The predicted molar refractivity (Wildman–Crippen MR) is 83.7 cm³/mol. The number of carbonyl (C=O) groups is 1. The van der Waals surface area contributed by atoms with Gasteiger partial charge >= 0.3 is 0 Å². The molecule has 0 fully saturated rings. The molecule has 1 N–H and O–H groups in total. The quantitative estimate of drug-likeness (QED) is 0.804. The van der Waals surface area contributed by atoms with Crippen LogP contribution in [-0.4, -0.2) is 20.7 Å². The Bertz CT molecular complexity index is 753. The van der Waals surface area contributed by atoms with Crippen molar-refractivity contribution in [3.8, 4) is 5.69 Å². The minimum absolute atomic E-state index is 0.159. The Balaban J connectivity index is 1.72. The number of para-hydroxylation sites is 1. The van der Waals surface area contributed by atoms with Crippen molar-refractivity contribution in [2.75, 3.05) is 0 Å². The van der Waals surface area contributed by atoms with Crippen LogP contribution >= 0.6 is 0 Å². The summed E-state index contributed by atoms with van der Waals surface area (Å²) < 4.78 is 1.68. The van der Waals surface area contributed by atoms with Gasteiger partial charge in [0.05, 0.1) is 29.2 Å². The fourth-order valence-electron chi connectivity index (χ4n) is 2.15. The zero-order chi connectivity index (χ0) is 15.4. The van der Waals surface area contributed by atoms with E-state index in [0.29, 0.717) is 5.56 Å². The maximum Gasteiger partial charge on any atom is 0.255 e. The fraction of sp³-hybridized carbons (Fsp3) is 0.118. The Labute approximate surface area is 128 Å². The van der Waals surface area contributed by atoms with Crippen LogP contribution in [0.1, 0.15) is 29.0 Å². The Morgan fingerprint density at radius 2 is 1.91 bits per heavy atom. The van der Waals surface area contributed by atoms with E-state index in [1.54, 1.807) is 23.3 Å². The number of nitrogens with one attached hydrogen (secondary N) is 1. The molecule has 5 heteroatoms. The normalized spacial score (nSPS) is 11.9. The highest BCUT2D eigenvalue weighted by atomic mass is 16.1. The summed E-state index contributed by atoms with van der Waals surface area (Å²) in [6.45, 7) is 1.90. The molecule has 0 radical (unpaired) electrons. The van der Waals surface area contributed by atoms with Gasteiger partial charge in [0.1, 0.15) is 0 Å². The highest BCUT2D eigenvalue weighted by molar-refractivity contribution is 5.94. The Hall–Kier alpha value is -2.95. The van der Waals surface area contributed by atoms with Crippen LogP contribution in [0.4, 0.5) is 0 Å². The van der Waals surface area contributed by atoms with Gasteiger partial charge in [0.15, 0.2) is 0 Å². The van der Waals surface area contributed by atoms with E-state index in [0.717, 1.165) is 11.4 Å². The summed E-state index contributed by atoms with van der Waals surface area (Å²) in [5, 5.41) is 7.15. The molecule has 1 amide bonds. The highest BCUT2D eigenvalue weighted by Crippen LogP contribution is 2.11. The first kappa shape index (κ1) is 14.0. The van der Waals surface area contributed by atoms with E-state index in [1.807, 2.05) is 55.5 Å². The average Bonchev–Trinajstić information content (AvgIpc) is 3.06. The van der Waals surface area contributed by atoms with Gasteiger partial charge < -0.3 is 5.32 Å². The van der Waals surface area contributed by atoms with E-state index in [2.05, 4.69) is 15.4 Å². The minimum Gasteiger partial charge on any atom is -0.344 e. The number of rotatable bonds is 4. The van der Waals surface area contributed by atoms with Gasteiger partial charge in [-0.25, -0.2) is 4.68 Å². The van der Waals surface area contributed by atoms with Gasteiger partial charge in [-0.2, -0.15) is 5.10 Å². The van der Waals surface area contributed by atoms with Crippen LogP contribution in [0.2, 0.25) is 0 Å². The lowest BCUT2D eigenvalue weighted by atomic mass is 10.2. The zero-order valence-corrected chi connectivity index (χ0v) is 12.2. The Kier molecular flexibility index (Phi) is 3.96. The van der Waals surface area contributed by atoms with Crippen molar-refractivity contribution in [3.05, 3.63) is 78.4 Å². The number of nitrogens with zero attached hydrogens (tertiary/aromatic N) is 3. The summed E-state index contributed by atoms with van der Waals surface area (Å²) in [6, 6.07) is 15.2. The standard InChI is InChI=1S/C17H16N4O/c1-13(16-9-5-6-10-18-16)20-17(22)14-11-19-21(12-14)15-7-3-2-4-8-15/h2-13H,1H3,(H,20,22). The Morgan fingerprint density at radius 3 is 2.64 bits per heavy atom. The molecule has 3 aromatic rings. The molecule has 1 atom stereocenters. The second-order valence-corrected chi connectivity index (χ2v) is 4.96. The first-order chi connectivity index (χ1) is 10.7. The van der Waals surface area contributed by atoms with Crippen molar-refractivity contribution in [1.82, 2.24) is 20.1 Å². The summed E-state index contributed by atoms with van der Waals surface area (Å²) in [5.74, 6) is -0.166. The summed E-state index contributed by atoms with van der Waals surface area (Å²) in [7, 11) is 0. The molecule has 2 aromatic heterocycles. The van der Waals surface area contributed by atoms with E-state index in [-0.39, 0.29) is 11.9 Å². The van der Waals surface area contributed by atoms with Gasteiger partial charge in [0, 0.05) is 12.4 Å². The second-order valence-electron chi connectivity index (χ2n) is 4.96. The van der Waals surface area contributed by atoms with Gasteiger partial charge in [0.2, 0.25) is 0 Å². The maximum absolute atomic E-state index is 12.3. The lowest BCUT2D eigenvalue weighted by Gasteiger charge is -2.12. The predicted octanol–water partition coefficient (Wildman–Crippen LogP) is 2.76. The van der Waals surface area contributed by atoms with Gasteiger partial charge in [0.25, 0.3) is 5.91 Å². The third-order valence-electron chi connectivity index (χ3n) is 3.34. The second kappa shape index (κ2) is 6.22. The van der Waals surface area contributed by atoms with Crippen molar-refractivity contribution < 1.29 is 4.79 Å². The van der Waals surface area contributed by atoms with Gasteiger partial charge in [-0.05, 0) is 31.2 Å². The molecule has 1 unspecified atom stereocenters. The Morgan fingerprint density at radius 1 is 1.14 bits per heavy atom. The van der Waals surface area contributed by atoms with E-state index < -0.39 is 0 Å². The number of pyridine rings is 1. The molecular formula is C17H16N4O. The maximum atomic E-state index is 12.3. The molecule has 0 saturated heterocycles. The van der Waals surface area contributed by atoms with Crippen LogP contribution in [0, 0.1) is 0 Å². The van der Waals surface area contributed by atoms with E-state index >= 15 is 0 Å². The third kappa shape index (κ3) is 3.03. The molecule has 0 aliphatic heterocycles. The summed E-state index contributed by atoms with van der Waals surface area (Å²) in [6.07, 6.45) is 4.99. The molecule has 5 nitrogen and oxygen atoms in total. The molecule has 110 valence electrons. The zero-order valence-electron chi connectivity index (χ0n) is 12.2. The molecule has 3 rings (SSSR count). The monoisotopic (exact) mass is 292 g/mol. The van der Waals surface area contributed by atoms with E-state index in [9.17, 15) is 4.79 Å². The van der Waals surface area contributed by atoms with Gasteiger partial charge in [-0.1, -0.05) is 24.3 Å². The topological polar surface area (TPSA) is 59.8 Å². The number of aromatic nitrogens is 3. The van der Waals surface area contributed by atoms with Crippen LogP contribution < -0.4 is 5.32 Å². The number of carbonyl (C=O) groups excluding carboxylic acids is 1. The molecule has 0 spiro atoms. The van der Waals surface area contributed by atoms with Crippen LogP contribution in [0.5, 0.6) is 0 Å². The number of benzene rings is 1. The number of hydrogen-bond acceptors (Lipinski definition) is 3. The summed E-state index contributed by atoms with van der Waals surface area (Å²) in [4.78, 5) is 16.5. The molecule has 22 heavy (non-hydrogen) atoms. The first-order valence-corrected chi connectivity index (χ1v) is 7.06. The minimum atomic E-state index is -0.166. The van der Waals surface area contributed by atoms with Crippen LogP contribution in [0.15, 0.2) is 67.1 Å². The first-order valence-electron chi connectivity index (χ1n) is 7.06. The van der Waals surface area contributed by atoms with Crippen molar-refractivity contribution in [3.63, 3.8) is 0 Å². The molecule has 0 saturated carbocycles. The molecule has 0 bridgehead atoms. The van der Waals surface area contributed by atoms with E-state index in [1.165, 1.54) is 0 Å². The fourth-order valence-corrected chi connectivity index (χ4v) is 2.15. The van der Waals surface area contributed by atoms with Crippen molar-refractivity contribution >= 4 is 5.91 Å². The van der Waals surface area contributed by atoms with Gasteiger partial charge in [-0.15, -0.1) is 0 Å². The number of amides is 1. The van der Waals surface area contributed by atoms with Crippen LogP contribution in [0.3, 0.4) is 0 Å². The molecule has 0 aliphatic rings. The van der Waals surface area contributed by atoms with Crippen LogP contribution in [-0.2, 0) is 0 Å². The molecular weight excluding hydrogens is 276 g/mol. The van der Waals surface area contributed by atoms with Crippen molar-refractivity contribution in [1.29, 1.82) is 0 Å². The van der Waals surface area contributed by atoms with Gasteiger partial charge in [-0.3, -0.25) is 9.78 Å². The number of hydrogen-bond donors (Lipinski definition) is 1. The average molecular weight is 292 g/mol.